The van der Waals surface area contributed by atoms with Crippen molar-refractivity contribution in [3.63, 3.8) is 0 Å². The molecule has 164 valence electrons. The molecule has 0 saturated heterocycles. The van der Waals surface area contributed by atoms with Crippen LogP contribution in [0.4, 0.5) is 0 Å². The number of ether oxygens (including phenoxy) is 2. The van der Waals surface area contributed by atoms with Gasteiger partial charge in [0.15, 0.2) is 0 Å². The van der Waals surface area contributed by atoms with Gasteiger partial charge < -0.3 is 24.2 Å². The number of amides is 1. The number of hydrogen-bond donors (Lipinski definition) is 2. The van der Waals surface area contributed by atoms with Crippen LogP contribution in [0.1, 0.15) is 39.0 Å². The summed E-state index contributed by atoms with van der Waals surface area (Å²) >= 11 is 0. The van der Waals surface area contributed by atoms with E-state index in [0.717, 1.165) is 28.3 Å². The van der Waals surface area contributed by atoms with Crippen molar-refractivity contribution in [3.05, 3.63) is 76.7 Å². The van der Waals surface area contributed by atoms with Crippen molar-refractivity contribution in [2.75, 3.05) is 27.7 Å². The van der Waals surface area contributed by atoms with Crippen LogP contribution in [-0.2, 0) is 6.61 Å². The molecule has 0 radical (unpaired) electrons. The van der Waals surface area contributed by atoms with E-state index >= 15 is 0 Å². The van der Waals surface area contributed by atoms with Crippen molar-refractivity contribution in [2.45, 2.75) is 26.5 Å². The molecule has 2 aromatic carbocycles. The minimum absolute atomic E-state index is 0.0674. The minimum Gasteiger partial charge on any atom is -0.496 e. The van der Waals surface area contributed by atoms with Crippen molar-refractivity contribution in [1.82, 2.24) is 10.5 Å². The molecule has 7 nitrogen and oxygen atoms in total. The Morgan fingerprint density at radius 1 is 1.13 bits per heavy atom. The highest BCUT2D eigenvalue weighted by Crippen LogP contribution is 2.23. The van der Waals surface area contributed by atoms with Crippen molar-refractivity contribution in [2.24, 2.45) is 0 Å². The molecule has 1 amide bonds. The predicted molar refractivity (Wildman–Crippen MR) is 118 cm³/mol. The van der Waals surface area contributed by atoms with Gasteiger partial charge in [-0.25, -0.2) is 0 Å². The Balaban J connectivity index is 1.61. The molecule has 0 fully saturated rings. The molecular formula is C24H30N3O4+. The van der Waals surface area contributed by atoms with Crippen LogP contribution in [0.15, 0.2) is 53.1 Å². The summed E-state index contributed by atoms with van der Waals surface area (Å²) < 4.78 is 16.5. The zero-order valence-electron chi connectivity index (χ0n) is 18.7. The number of nitrogens with zero attached hydrogens (tertiary/aromatic N) is 1. The van der Waals surface area contributed by atoms with E-state index in [2.05, 4.69) is 24.6 Å². The number of quaternary nitrogens is 1. The van der Waals surface area contributed by atoms with E-state index in [4.69, 9.17) is 14.0 Å². The number of aryl methyl sites for hydroxylation is 2. The number of methoxy groups -OCH3 is 1. The fraction of sp³-hybridized carbons (Fsp3) is 0.333. The lowest BCUT2D eigenvalue weighted by atomic mass is 10.0. The highest BCUT2D eigenvalue weighted by atomic mass is 16.5. The van der Waals surface area contributed by atoms with Gasteiger partial charge in [-0.3, -0.25) is 4.79 Å². The molecule has 7 heteroatoms. The van der Waals surface area contributed by atoms with Gasteiger partial charge in [-0.1, -0.05) is 17.3 Å². The average Bonchev–Trinajstić information content (AvgIpc) is 3.10. The fourth-order valence-electron chi connectivity index (χ4n) is 3.44. The molecule has 0 bridgehead atoms. The summed E-state index contributed by atoms with van der Waals surface area (Å²) in [5, 5.41) is 6.97. The lowest BCUT2D eigenvalue weighted by Crippen LogP contribution is -3.07. The van der Waals surface area contributed by atoms with Crippen LogP contribution in [0, 0.1) is 13.8 Å². The summed E-state index contributed by atoms with van der Waals surface area (Å²) in [5.74, 6) is 2.13. The second-order valence-electron chi connectivity index (χ2n) is 7.70. The summed E-state index contributed by atoms with van der Waals surface area (Å²) in [6.45, 7) is 4.61. The van der Waals surface area contributed by atoms with E-state index in [1.54, 1.807) is 31.4 Å². The van der Waals surface area contributed by atoms with Gasteiger partial charge in [0.25, 0.3) is 5.91 Å². The van der Waals surface area contributed by atoms with Gasteiger partial charge in [-0.15, -0.1) is 0 Å². The molecule has 0 aliphatic heterocycles. The molecule has 0 aliphatic rings. The van der Waals surface area contributed by atoms with Gasteiger partial charge in [0.2, 0.25) is 0 Å². The first-order valence-corrected chi connectivity index (χ1v) is 10.3. The Morgan fingerprint density at radius 3 is 2.45 bits per heavy atom. The van der Waals surface area contributed by atoms with E-state index in [-0.39, 0.29) is 11.9 Å². The van der Waals surface area contributed by atoms with Crippen molar-refractivity contribution in [1.29, 1.82) is 0 Å². The van der Waals surface area contributed by atoms with Crippen LogP contribution in [0.2, 0.25) is 0 Å². The van der Waals surface area contributed by atoms with Gasteiger partial charge in [-0.2, -0.15) is 0 Å². The smallest absolute Gasteiger partial charge is 0.251 e. The first-order valence-electron chi connectivity index (χ1n) is 10.3. The maximum Gasteiger partial charge on any atom is 0.251 e. The van der Waals surface area contributed by atoms with Crippen LogP contribution >= 0.6 is 0 Å². The molecule has 0 saturated carbocycles. The molecule has 0 aliphatic carbocycles. The molecule has 1 atom stereocenters. The number of carbonyl (C=O) groups is 1. The van der Waals surface area contributed by atoms with E-state index in [0.29, 0.717) is 24.5 Å². The van der Waals surface area contributed by atoms with Crippen LogP contribution in [0.3, 0.4) is 0 Å². The minimum atomic E-state index is -0.126. The SMILES string of the molecule is COc1ccccc1[C@H](CNC(=O)c1ccc(OCc2c(C)noc2C)cc1)[NH+](C)C. The Kier molecular flexibility index (Phi) is 7.31. The fourth-order valence-corrected chi connectivity index (χ4v) is 3.44. The topological polar surface area (TPSA) is 78.0 Å². The van der Waals surface area contributed by atoms with Crippen LogP contribution in [-0.4, -0.2) is 38.8 Å². The Bertz CT molecular complexity index is 992. The second kappa shape index (κ2) is 10.1. The van der Waals surface area contributed by atoms with Crippen LogP contribution in [0.25, 0.3) is 0 Å². The monoisotopic (exact) mass is 424 g/mol. The van der Waals surface area contributed by atoms with Crippen molar-refractivity contribution >= 4 is 5.91 Å². The summed E-state index contributed by atoms with van der Waals surface area (Å²) in [5.41, 5.74) is 3.40. The van der Waals surface area contributed by atoms with Crippen LogP contribution in [0.5, 0.6) is 11.5 Å². The molecule has 0 spiro atoms. The third-order valence-corrected chi connectivity index (χ3v) is 5.36. The van der Waals surface area contributed by atoms with Gasteiger partial charge in [0.05, 0.1) is 44.6 Å². The lowest BCUT2D eigenvalue weighted by Gasteiger charge is -2.23. The molecule has 3 rings (SSSR count). The van der Waals surface area contributed by atoms with E-state index < -0.39 is 0 Å². The van der Waals surface area contributed by atoms with Crippen molar-refractivity contribution < 1.29 is 23.7 Å². The average molecular weight is 425 g/mol. The van der Waals surface area contributed by atoms with Gasteiger partial charge in [0.1, 0.15) is 29.9 Å². The highest BCUT2D eigenvalue weighted by molar-refractivity contribution is 5.94. The zero-order valence-corrected chi connectivity index (χ0v) is 18.7. The molecular weight excluding hydrogens is 394 g/mol. The quantitative estimate of drug-likeness (QED) is 0.552. The first kappa shape index (κ1) is 22.4. The number of carbonyl (C=O) groups excluding carboxylic acids is 1. The standard InChI is InChI=1S/C24H29N3O4/c1-16-21(17(2)31-26-16)15-30-19-12-10-18(11-13-19)24(28)25-14-22(27(3)4)20-8-6-7-9-23(20)29-5/h6-13,22H,14-15H2,1-5H3,(H,25,28)/p+1/t22-/m0/s1. The van der Waals surface area contributed by atoms with Crippen molar-refractivity contribution in [3.8, 4) is 11.5 Å². The summed E-state index contributed by atoms with van der Waals surface area (Å²) in [6.07, 6.45) is 0. The second-order valence-corrected chi connectivity index (χ2v) is 7.70. The molecule has 0 unspecified atom stereocenters. The summed E-state index contributed by atoms with van der Waals surface area (Å²) in [4.78, 5) is 13.9. The lowest BCUT2D eigenvalue weighted by molar-refractivity contribution is -0.890. The van der Waals surface area contributed by atoms with Crippen LogP contribution < -0.4 is 19.7 Å². The molecule has 1 aromatic heterocycles. The maximum absolute atomic E-state index is 12.7. The predicted octanol–water partition coefficient (Wildman–Crippen LogP) is 2.49. The molecule has 3 aromatic rings. The number of nitrogens with one attached hydrogen (secondary N) is 2. The Hall–Kier alpha value is -3.32. The Morgan fingerprint density at radius 2 is 1.84 bits per heavy atom. The zero-order chi connectivity index (χ0) is 22.4. The normalized spacial score (nSPS) is 11.9. The van der Waals surface area contributed by atoms with E-state index in [1.165, 1.54) is 4.90 Å². The highest BCUT2D eigenvalue weighted by Gasteiger charge is 2.22. The van der Waals surface area contributed by atoms with Gasteiger partial charge >= 0.3 is 0 Å². The van der Waals surface area contributed by atoms with E-state index in [9.17, 15) is 4.79 Å². The molecule has 2 N–H and O–H groups in total. The largest absolute Gasteiger partial charge is 0.496 e. The number of likely N-dealkylation sites (N-methyl/N-ethyl adjacent to an activating group) is 1. The Labute approximate surface area is 182 Å². The van der Waals surface area contributed by atoms with E-state index in [1.807, 2.05) is 38.1 Å². The van der Waals surface area contributed by atoms with Gasteiger partial charge in [-0.05, 0) is 50.2 Å². The molecule has 31 heavy (non-hydrogen) atoms. The number of rotatable bonds is 9. The third-order valence-electron chi connectivity index (χ3n) is 5.36. The number of aromatic nitrogens is 1. The number of para-hydroxylation sites is 1. The number of hydrogen-bond acceptors (Lipinski definition) is 5. The van der Waals surface area contributed by atoms with Gasteiger partial charge in [0, 0.05) is 5.56 Å². The number of benzene rings is 2. The third kappa shape index (κ3) is 5.44. The summed E-state index contributed by atoms with van der Waals surface area (Å²) in [6, 6.07) is 15.1. The first-order chi connectivity index (χ1) is 14.9. The summed E-state index contributed by atoms with van der Waals surface area (Å²) in [7, 11) is 5.79. The molecule has 1 heterocycles. The maximum atomic E-state index is 12.7.